The minimum atomic E-state index is -4.48. The maximum atomic E-state index is 14.1. The first-order valence-electron chi connectivity index (χ1n) is 6.42. The summed E-state index contributed by atoms with van der Waals surface area (Å²) in [4.78, 5) is 0. The normalized spacial score (nSPS) is 16.1. The van der Waals surface area contributed by atoms with Gasteiger partial charge >= 0.3 is 13.3 Å². The lowest BCUT2D eigenvalue weighted by molar-refractivity contribution is 0.0301. The number of alkyl halides is 3. The standard InChI is InChI=1S/C11H22F2IO5P/c1-3-18-20(17,19-4-2)11(12,13)7-9(14)5-6-10(16)8-15/h9-10,15-16H,3-8H2,1-2H3. The first-order valence-corrected chi connectivity index (χ1v) is 9.21. The van der Waals surface area contributed by atoms with Gasteiger partial charge in [0.05, 0.1) is 25.9 Å². The number of halogens is 3. The van der Waals surface area contributed by atoms with Crippen LogP contribution >= 0.6 is 30.2 Å². The Bertz CT molecular complexity index is 309. The Balaban J connectivity index is 4.63. The van der Waals surface area contributed by atoms with Gasteiger partial charge in [0.25, 0.3) is 0 Å². The maximum Gasteiger partial charge on any atom is 0.399 e. The molecule has 0 aromatic heterocycles. The van der Waals surface area contributed by atoms with Crippen LogP contribution in [-0.2, 0) is 13.6 Å². The molecule has 20 heavy (non-hydrogen) atoms. The molecule has 0 amide bonds. The molecule has 0 heterocycles. The highest BCUT2D eigenvalue weighted by molar-refractivity contribution is 14.1. The zero-order valence-corrected chi connectivity index (χ0v) is 14.6. The first-order chi connectivity index (χ1) is 9.22. The molecule has 2 unspecified atom stereocenters. The van der Waals surface area contributed by atoms with Crippen molar-refractivity contribution in [2.24, 2.45) is 0 Å². The average Bonchev–Trinajstić information content (AvgIpc) is 2.35. The smallest absolute Gasteiger partial charge is 0.394 e. The molecule has 0 fully saturated rings. The van der Waals surface area contributed by atoms with Crippen molar-refractivity contribution in [3.63, 3.8) is 0 Å². The van der Waals surface area contributed by atoms with Crippen LogP contribution in [0.4, 0.5) is 8.78 Å². The summed E-state index contributed by atoms with van der Waals surface area (Å²) < 4.78 is 49.1. The van der Waals surface area contributed by atoms with Gasteiger partial charge in [-0.2, -0.15) is 8.78 Å². The molecule has 2 atom stereocenters. The molecule has 0 aliphatic heterocycles. The van der Waals surface area contributed by atoms with Crippen LogP contribution in [-0.4, -0.2) is 45.7 Å². The summed E-state index contributed by atoms with van der Waals surface area (Å²) in [5.41, 5.74) is -3.57. The lowest BCUT2D eigenvalue weighted by atomic mass is 10.1. The predicted molar refractivity (Wildman–Crippen MR) is 80.6 cm³/mol. The van der Waals surface area contributed by atoms with E-state index in [1.807, 2.05) is 22.6 Å². The average molecular weight is 430 g/mol. The second-order valence-corrected chi connectivity index (χ2v) is 8.14. The molecule has 0 aliphatic rings. The van der Waals surface area contributed by atoms with Crippen LogP contribution in [0.1, 0.15) is 33.1 Å². The lowest BCUT2D eigenvalue weighted by Gasteiger charge is -2.27. The van der Waals surface area contributed by atoms with Gasteiger partial charge in [-0.25, -0.2) is 0 Å². The summed E-state index contributed by atoms with van der Waals surface area (Å²) in [5.74, 6) is 0. The number of aliphatic hydroxyl groups is 2. The molecule has 0 saturated heterocycles. The van der Waals surface area contributed by atoms with Gasteiger partial charge in [0.1, 0.15) is 0 Å². The summed E-state index contributed by atoms with van der Waals surface area (Å²) in [7, 11) is -4.48. The van der Waals surface area contributed by atoms with Crippen molar-refractivity contribution in [1.29, 1.82) is 0 Å². The zero-order valence-electron chi connectivity index (χ0n) is 11.6. The highest BCUT2D eigenvalue weighted by atomic mass is 127. The van der Waals surface area contributed by atoms with E-state index in [-0.39, 0.29) is 26.1 Å². The molecule has 0 bridgehead atoms. The van der Waals surface area contributed by atoms with Crippen LogP contribution in [0.2, 0.25) is 0 Å². The van der Waals surface area contributed by atoms with Crippen molar-refractivity contribution in [1.82, 2.24) is 0 Å². The van der Waals surface area contributed by atoms with E-state index in [1.54, 1.807) is 0 Å². The summed E-state index contributed by atoms with van der Waals surface area (Å²) >= 11 is 1.81. The third-order valence-corrected chi connectivity index (χ3v) is 5.73. The molecule has 0 radical (unpaired) electrons. The van der Waals surface area contributed by atoms with Gasteiger partial charge in [0, 0.05) is 10.3 Å². The molecule has 0 rings (SSSR count). The minimum absolute atomic E-state index is 0.123. The van der Waals surface area contributed by atoms with Crippen molar-refractivity contribution in [2.75, 3.05) is 19.8 Å². The number of rotatable bonds is 11. The van der Waals surface area contributed by atoms with Crippen LogP contribution in [0.3, 0.4) is 0 Å². The first kappa shape index (κ1) is 20.7. The van der Waals surface area contributed by atoms with E-state index >= 15 is 0 Å². The van der Waals surface area contributed by atoms with Crippen LogP contribution in [0.5, 0.6) is 0 Å². The van der Waals surface area contributed by atoms with E-state index in [0.29, 0.717) is 0 Å². The molecular formula is C11H22F2IO5P. The fourth-order valence-corrected chi connectivity index (χ4v) is 4.35. The van der Waals surface area contributed by atoms with Crippen molar-refractivity contribution in [3.05, 3.63) is 0 Å². The Labute approximate surface area is 131 Å². The topological polar surface area (TPSA) is 76.0 Å². The number of hydrogen-bond acceptors (Lipinski definition) is 5. The van der Waals surface area contributed by atoms with Gasteiger partial charge in [-0.3, -0.25) is 4.57 Å². The molecule has 0 saturated carbocycles. The molecule has 0 aliphatic carbocycles. The van der Waals surface area contributed by atoms with Gasteiger partial charge in [-0.05, 0) is 26.7 Å². The van der Waals surface area contributed by atoms with Crippen molar-refractivity contribution in [3.8, 4) is 0 Å². The molecule has 9 heteroatoms. The zero-order chi connectivity index (χ0) is 15.8. The minimum Gasteiger partial charge on any atom is -0.394 e. The van der Waals surface area contributed by atoms with Crippen LogP contribution in [0.25, 0.3) is 0 Å². The van der Waals surface area contributed by atoms with E-state index < -0.39 is 36.3 Å². The molecule has 0 spiro atoms. The Morgan fingerprint density at radius 1 is 1.25 bits per heavy atom. The van der Waals surface area contributed by atoms with Gasteiger partial charge in [-0.1, -0.05) is 22.6 Å². The predicted octanol–water partition coefficient (Wildman–Crippen LogP) is 3.17. The number of aliphatic hydroxyl groups excluding tert-OH is 2. The molecule has 0 aromatic rings. The molecule has 0 aromatic carbocycles. The molecule has 2 N–H and O–H groups in total. The van der Waals surface area contributed by atoms with Gasteiger partial charge in [-0.15, -0.1) is 0 Å². The highest BCUT2D eigenvalue weighted by Gasteiger charge is 2.53. The summed E-state index contributed by atoms with van der Waals surface area (Å²) in [6.07, 6.45) is -1.11. The van der Waals surface area contributed by atoms with Gasteiger partial charge < -0.3 is 19.3 Å². The van der Waals surface area contributed by atoms with Crippen LogP contribution < -0.4 is 0 Å². The number of hydrogen-bond donors (Lipinski definition) is 2. The van der Waals surface area contributed by atoms with E-state index in [2.05, 4.69) is 9.05 Å². The van der Waals surface area contributed by atoms with Crippen LogP contribution in [0, 0.1) is 0 Å². The maximum absolute atomic E-state index is 14.1. The Kier molecular flexibility index (Phi) is 9.95. The van der Waals surface area contributed by atoms with Crippen LogP contribution in [0.15, 0.2) is 0 Å². The Hall–Kier alpha value is 0.660. The largest absolute Gasteiger partial charge is 0.399 e. The summed E-state index contributed by atoms with van der Waals surface area (Å²) in [6.45, 7) is 2.29. The fraction of sp³-hybridized carbons (Fsp3) is 1.00. The second-order valence-electron chi connectivity index (χ2n) is 4.21. The summed E-state index contributed by atoms with van der Waals surface area (Å²) in [6, 6.07) is 0. The monoisotopic (exact) mass is 430 g/mol. The van der Waals surface area contributed by atoms with Gasteiger partial charge in [0.15, 0.2) is 0 Å². The Morgan fingerprint density at radius 2 is 1.75 bits per heavy atom. The summed E-state index contributed by atoms with van der Waals surface area (Å²) in [5, 5.41) is 17.9. The van der Waals surface area contributed by atoms with E-state index in [1.165, 1.54) is 13.8 Å². The van der Waals surface area contributed by atoms with E-state index in [0.717, 1.165) is 0 Å². The molecular weight excluding hydrogens is 408 g/mol. The van der Waals surface area contributed by atoms with Crippen molar-refractivity contribution < 1.29 is 32.6 Å². The van der Waals surface area contributed by atoms with Crippen molar-refractivity contribution >= 4 is 30.2 Å². The third-order valence-electron chi connectivity index (χ3n) is 2.49. The molecule has 122 valence electrons. The lowest BCUT2D eigenvalue weighted by Crippen LogP contribution is -2.25. The second kappa shape index (κ2) is 9.63. The SMILES string of the molecule is CCOP(=O)(OCC)C(F)(F)CC(I)CCC(O)CO. The third kappa shape index (κ3) is 6.62. The fourth-order valence-electron chi connectivity index (χ4n) is 1.51. The van der Waals surface area contributed by atoms with E-state index in [9.17, 15) is 18.5 Å². The van der Waals surface area contributed by atoms with E-state index in [4.69, 9.17) is 5.11 Å². The quantitative estimate of drug-likeness (QED) is 0.299. The Morgan fingerprint density at radius 3 is 2.15 bits per heavy atom. The van der Waals surface area contributed by atoms with Crippen molar-refractivity contribution in [2.45, 2.75) is 48.8 Å². The molecule has 5 nitrogen and oxygen atoms in total. The van der Waals surface area contributed by atoms with Gasteiger partial charge in [0.2, 0.25) is 0 Å². The highest BCUT2D eigenvalue weighted by Crippen LogP contribution is 2.64.